The lowest BCUT2D eigenvalue weighted by molar-refractivity contribution is 0.00578. The largest absolute Gasteiger partial charge is 0.494 e. The second-order valence-corrected chi connectivity index (χ2v) is 10.4. The zero-order valence-corrected chi connectivity index (χ0v) is 19.7. The fourth-order valence-corrected chi connectivity index (χ4v) is 4.80. The average molecular weight is 425 g/mol. The molecule has 30 heavy (non-hydrogen) atoms. The Morgan fingerprint density at radius 2 is 1.77 bits per heavy atom. The second-order valence-electron chi connectivity index (χ2n) is 9.28. The smallest absolute Gasteiger partial charge is 0.488 e. The quantitative estimate of drug-likeness (QED) is 0.510. The van der Waals surface area contributed by atoms with Crippen LogP contribution >= 0.6 is 11.9 Å². The predicted octanol–water partition coefficient (Wildman–Crippen LogP) is 4.97. The Labute approximate surface area is 185 Å². The van der Waals surface area contributed by atoms with Crippen LogP contribution in [-0.2, 0) is 15.9 Å². The van der Waals surface area contributed by atoms with Crippen molar-refractivity contribution in [1.82, 2.24) is 4.31 Å². The number of fused-ring (bicyclic) bond motifs is 1. The van der Waals surface area contributed by atoms with Gasteiger partial charge in [-0.15, -0.1) is 0 Å². The number of aryl methyl sites for hydroxylation is 1. The monoisotopic (exact) mass is 425 g/mol. The fourth-order valence-electron chi connectivity index (χ4n) is 3.73. The van der Waals surface area contributed by atoms with Crippen LogP contribution in [0, 0.1) is 6.92 Å². The van der Waals surface area contributed by atoms with Gasteiger partial charge in [0.15, 0.2) is 0 Å². The van der Waals surface area contributed by atoms with Gasteiger partial charge in [-0.1, -0.05) is 37.3 Å². The van der Waals surface area contributed by atoms with E-state index in [4.69, 9.17) is 14.0 Å². The lowest BCUT2D eigenvalue weighted by atomic mass is 9.78. The number of nitrogens with zero attached hydrogens (tertiary/aromatic N) is 1. The van der Waals surface area contributed by atoms with Gasteiger partial charge >= 0.3 is 7.12 Å². The van der Waals surface area contributed by atoms with Gasteiger partial charge in [0, 0.05) is 13.1 Å². The number of ether oxygens (including phenoxy) is 1. The van der Waals surface area contributed by atoms with E-state index in [1.807, 2.05) is 6.07 Å². The predicted molar refractivity (Wildman–Crippen MR) is 124 cm³/mol. The summed E-state index contributed by atoms with van der Waals surface area (Å²) in [5.41, 5.74) is 2.99. The highest BCUT2D eigenvalue weighted by molar-refractivity contribution is 7.97. The van der Waals surface area contributed by atoms with Gasteiger partial charge in [-0.25, -0.2) is 4.31 Å². The Hall–Kier alpha value is -1.47. The van der Waals surface area contributed by atoms with Crippen LogP contribution in [0.5, 0.6) is 5.75 Å². The molecule has 4 nitrogen and oxygen atoms in total. The molecule has 2 aliphatic rings. The highest BCUT2D eigenvalue weighted by Gasteiger charge is 2.51. The van der Waals surface area contributed by atoms with Crippen LogP contribution in [-0.4, -0.2) is 35.3 Å². The molecule has 2 aliphatic heterocycles. The van der Waals surface area contributed by atoms with Gasteiger partial charge in [-0.2, -0.15) is 0 Å². The van der Waals surface area contributed by atoms with Gasteiger partial charge in [-0.3, -0.25) is 0 Å². The molecule has 0 saturated carbocycles. The first kappa shape index (κ1) is 21.8. The van der Waals surface area contributed by atoms with E-state index >= 15 is 0 Å². The van der Waals surface area contributed by atoms with E-state index in [9.17, 15) is 0 Å². The highest BCUT2D eigenvalue weighted by Crippen LogP contribution is 2.38. The summed E-state index contributed by atoms with van der Waals surface area (Å²) in [6.45, 7) is 14.5. The van der Waals surface area contributed by atoms with Gasteiger partial charge in [0.25, 0.3) is 0 Å². The summed E-state index contributed by atoms with van der Waals surface area (Å²) < 4.78 is 21.2. The standard InChI is InChI=1S/C24H32BNO3S/c1-7-20-16-26(30-22-11-9-8-10-21(22)27-20)15-18-14-19(13-12-17(18)2)25-28-23(3,4)24(5,6)29-25/h8-14,20H,7,15-16H2,1-6H3/t20-/m1/s1. The Kier molecular flexibility index (Phi) is 5.97. The summed E-state index contributed by atoms with van der Waals surface area (Å²) in [6.07, 6.45) is 1.17. The molecule has 2 aromatic carbocycles. The first-order chi connectivity index (χ1) is 14.2. The molecular formula is C24H32BNO3S. The van der Waals surface area contributed by atoms with Crippen molar-refractivity contribution < 1.29 is 14.0 Å². The molecule has 0 bridgehead atoms. The molecule has 2 aromatic rings. The number of hydrogen-bond donors (Lipinski definition) is 0. The summed E-state index contributed by atoms with van der Waals surface area (Å²) in [6, 6.07) is 14.9. The molecular weight excluding hydrogens is 393 g/mol. The third-order valence-electron chi connectivity index (χ3n) is 6.48. The van der Waals surface area contributed by atoms with Crippen LogP contribution in [0.25, 0.3) is 0 Å². The zero-order valence-electron chi connectivity index (χ0n) is 18.9. The molecule has 0 N–H and O–H groups in total. The van der Waals surface area contributed by atoms with Crippen LogP contribution < -0.4 is 10.2 Å². The Morgan fingerprint density at radius 3 is 2.47 bits per heavy atom. The minimum atomic E-state index is -0.335. The van der Waals surface area contributed by atoms with E-state index in [0.717, 1.165) is 30.7 Å². The SMILES string of the molecule is CC[C@@H]1CN(Cc2cc(B3OC(C)(C)C(C)(C)O3)ccc2C)Sc2ccccc2O1. The van der Waals surface area contributed by atoms with E-state index in [2.05, 4.69) is 82.2 Å². The fraction of sp³-hybridized carbons (Fsp3) is 0.500. The molecule has 0 aromatic heterocycles. The molecule has 0 radical (unpaired) electrons. The maximum absolute atomic E-state index is 6.27. The van der Waals surface area contributed by atoms with Crippen molar-refractivity contribution >= 4 is 24.5 Å². The lowest BCUT2D eigenvalue weighted by Gasteiger charge is -2.32. The van der Waals surface area contributed by atoms with Crippen molar-refractivity contribution in [3.8, 4) is 5.75 Å². The van der Waals surface area contributed by atoms with E-state index in [0.29, 0.717) is 0 Å². The van der Waals surface area contributed by atoms with E-state index < -0.39 is 0 Å². The molecule has 0 aliphatic carbocycles. The normalized spacial score (nSPS) is 23.0. The minimum Gasteiger partial charge on any atom is -0.488 e. The van der Waals surface area contributed by atoms with Crippen LogP contribution in [0.15, 0.2) is 47.4 Å². The summed E-state index contributed by atoms with van der Waals surface area (Å²) in [4.78, 5) is 1.17. The first-order valence-electron chi connectivity index (χ1n) is 10.8. The molecule has 160 valence electrons. The van der Waals surface area contributed by atoms with E-state index in [1.165, 1.54) is 16.0 Å². The zero-order chi connectivity index (χ0) is 21.5. The highest BCUT2D eigenvalue weighted by atomic mass is 32.2. The Morgan fingerprint density at radius 1 is 1.07 bits per heavy atom. The summed E-state index contributed by atoms with van der Waals surface area (Å²) in [7, 11) is -0.335. The summed E-state index contributed by atoms with van der Waals surface area (Å²) in [5.74, 6) is 0.986. The van der Waals surface area contributed by atoms with Crippen LogP contribution in [0.1, 0.15) is 52.2 Å². The van der Waals surface area contributed by atoms with Crippen LogP contribution in [0.4, 0.5) is 0 Å². The molecule has 1 saturated heterocycles. The summed E-state index contributed by atoms with van der Waals surface area (Å²) in [5, 5.41) is 0. The van der Waals surface area contributed by atoms with Crippen molar-refractivity contribution in [2.75, 3.05) is 6.54 Å². The van der Waals surface area contributed by atoms with Crippen molar-refractivity contribution in [2.24, 2.45) is 0 Å². The minimum absolute atomic E-state index is 0.188. The van der Waals surface area contributed by atoms with E-state index in [-0.39, 0.29) is 24.4 Å². The molecule has 0 unspecified atom stereocenters. The molecule has 4 rings (SSSR count). The molecule has 1 atom stereocenters. The van der Waals surface area contributed by atoms with E-state index in [1.54, 1.807) is 11.9 Å². The average Bonchev–Trinajstić information content (AvgIpc) is 2.82. The molecule has 6 heteroatoms. The number of benzene rings is 2. The van der Waals surface area contributed by atoms with Crippen LogP contribution in [0.2, 0.25) is 0 Å². The Balaban J connectivity index is 1.57. The van der Waals surface area contributed by atoms with Gasteiger partial charge < -0.3 is 14.0 Å². The number of hydrogen-bond acceptors (Lipinski definition) is 5. The van der Waals surface area contributed by atoms with Gasteiger partial charge in [-0.05, 0) is 81.7 Å². The molecule has 0 amide bonds. The third kappa shape index (κ3) is 4.29. The third-order valence-corrected chi connectivity index (χ3v) is 7.55. The van der Waals surface area contributed by atoms with Gasteiger partial charge in [0.1, 0.15) is 11.9 Å². The van der Waals surface area contributed by atoms with Crippen molar-refractivity contribution in [3.63, 3.8) is 0 Å². The van der Waals surface area contributed by atoms with Crippen molar-refractivity contribution in [2.45, 2.75) is 76.7 Å². The van der Waals surface area contributed by atoms with Gasteiger partial charge in [0.2, 0.25) is 0 Å². The maximum atomic E-state index is 6.27. The lowest BCUT2D eigenvalue weighted by Crippen LogP contribution is -2.41. The second kappa shape index (κ2) is 8.23. The number of rotatable bonds is 4. The van der Waals surface area contributed by atoms with Crippen molar-refractivity contribution in [1.29, 1.82) is 0 Å². The molecule has 1 fully saturated rings. The molecule has 2 heterocycles. The maximum Gasteiger partial charge on any atom is 0.494 e. The summed E-state index contributed by atoms with van der Waals surface area (Å²) >= 11 is 1.78. The number of para-hydroxylation sites is 1. The van der Waals surface area contributed by atoms with Crippen LogP contribution in [0.3, 0.4) is 0 Å². The van der Waals surface area contributed by atoms with Crippen molar-refractivity contribution in [3.05, 3.63) is 53.6 Å². The topological polar surface area (TPSA) is 30.9 Å². The molecule has 0 spiro atoms. The first-order valence-corrected chi connectivity index (χ1v) is 11.6. The van der Waals surface area contributed by atoms with Gasteiger partial charge in [0.05, 0.1) is 16.1 Å². The Bertz CT molecular complexity index is 901.